The van der Waals surface area contributed by atoms with Crippen molar-refractivity contribution in [2.75, 3.05) is 0 Å². The van der Waals surface area contributed by atoms with Gasteiger partial charge in [0.15, 0.2) is 4.96 Å². The number of nitrogens with zero attached hydrogens (tertiary/aromatic N) is 2. The molecule has 1 aromatic carbocycles. The van der Waals surface area contributed by atoms with Crippen LogP contribution in [0.5, 0.6) is 0 Å². The van der Waals surface area contributed by atoms with Crippen molar-refractivity contribution in [3.05, 3.63) is 45.4 Å². The lowest BCUT2D eigenvalue weighted by atomic mass is 10.2. The van der Waals surface area contributed by atoms with Crippen LogP contribution in [0.25, 0.3) is 15.9 Å². The normalized spacial score (nSPS) is 11.4. The standard InChI is InChI=1S/C11H7FN2OS/c1-6-5-16-11-13-8-4-2-3-7(12)9(8)10(15)14(6)11/h2-5H,1H3. The van der Waals surface area contributed by atoms with Gasteiger partial charge in [-0.25, -0.2) is 9.37 Å². The molecule has 16 heavy (non-hydrogen) atoms. The Bertz CT molecular complexity index is 760. The van der Waals surface area contributed by atoms with Crippen LogP contribution in [0.4, 0.5) is 4.39 Å². The zero-order chi connectivity index (χ0) is 11.3. The van der Waals surface area contributed by atoms with Gasteiger partial charge in [-0.1, -0.05) is 6.07 Å². The second kappa shape index (κ2) is 3.12. The minimum absolute atomic E-state index is 0.0569. The third-order valence-corrected chi connectivity index (χ3v) is 3.45. The zero-order valence-electron chi connectivity index (χ0n) is 8.40. The molecule has 0 aliphatic rings. The number of rotatable bonds is 0. The number of hydrogen-bond donors (Lipinski definition) is 0. The Hall–Kier alpha value is -1.75. The van der Waals surface area contributed by atoms with Gasteiger partial charge in [0.05, 0.1) is 5.52 Å². The zero-order valence-corrected chi connectivity index (χ0v) is 9.21. The highest BCUT2D eigenvalue weighted by atomic mass is 32.1. The maximum Gasteiger partial charge on any atom is 0.269 e. The quantitative estimate of drug-likeness (QED) is 0.598. The summed E-state index contributed by atoms with van der Waals surface area (Å²) < 4.78 is 15.0. The number of benzene rings is 1. The van der Waals surface area contributed by atoms with Gasteiger partial charge < -0.3 is 0 Å². The first-order valence-corrected chi connectivity index (χ1v) is 5.61. The largest absolute Gasteiger partial charge is 0.269 e. The number of aromatic nitrogens is 2. The van der Waals surface area contributed by atoms with E-state index in [1.165, 1.54) is 21.8 Å². The van der Waals surface area contributed by atoms with Crippen LogP contribution in [-0.4, -0.2) is 9.38 Å². The second-order valence-corrected chi connectivity index (χ2v) is 4.38. The van der Waals surface area contributed by atoms with E-state index in [1.807, 2.05) is 5.38 Å². The van der Waals surface area contributed by atoms with Gasteiger partial charge in [0.25, 0.3) is 5.56 Å². The van der Waals surface area contributed by atoms with Crippen LogP contribution in [0.2, 0.25) is 0 Å². The summed E-state index contributed by atoms with van der Waals surface area (Å²) in [6.45, 7) is 1.80. The van der Waals surface area contributed by atoms with Gasteiger partial charge in [-0.3, -0.25) is 9.20 Å². The molecule has 3 nitrogen and oxygen atoms in total. The molecule has 0 saturated carbocycles. The molecule has 80 valence electrons. The fourth-order valence-corrected chi connectivity index (χ4v) is 2.61. The summed E-state index contributed by atoms with van der Waals surface area (Å²) in [6.07, 6.45) is 0. The summed E-state index contributed by atoms with van der Waals surface area (Å²) in [5, 5.41) is 1.89. The molecule has 0 atom stereocenters. The van der Waals surface area contributed by atoms with Crippen LogP contribution < -0.4 is 5.56 Å². The summed E-state index contributed by atoms with van der Waals surface area (Å²) in [7, 11) is 0. The van der Waals surface area contributed by atoms with E-state index in [4.69, 9.17) is 0 Å². The number of fused-ring (bicyclic) bond motifs is 2. The summed E-state index contributed by atoms with van der Waals surface area (Å²) in [6, 6.07) is 4.48. The molecule has 3 aromatic rings. The smallest absolute Gasteiger partial charge is 0.268 e. The van der Waals surface area contributed by atoms with Gasteiger partial charge >= 0.3 is 0 Å². The molecular formula is C11H7FN2OS. The summed E-state index contributed by atoms with van der Waals surface area (Å²) in [5.74, 6) is -0.519. The fourth-order valence-electron chi connectivity index (χ4n) is 1.75. The highest BCUT2D eigenvalue weighted by molar-refractivity contribution is 7.15. The Balaban J connectivity index is 2.70. The van der Waals surface area contributed by atoms with Crippen molar-refractivity contribution in [1.82, 2.24) is 9.38 Å². The van der Waals surface area contributed by atoms with Crippen molar-refractivity contribution in [3.63, 3.8) is 0 Å². The predicted octanol–water partition coefficient (Wildman–Crippen LogP) is 2.36. The SMILES string of the molecule is Cc1csc2nc3cccc(F)c3c(=O)n12. The minimum Gasteiger partial charge on any atom is -0.268 e. The van der Waals surface area contributed by atoms with Crippen LogP contribution in [0.1, 0.15) is 5.69 Å². The Morgan fingerprint density at radius 1 is 1.44 bits per heavy atom. The molecule has 2 aromatic heterocycles. The lowest BCUT2D eigenvalue weighted by Crippen LogP contribution is -2.15. The molecule has 0 saturated heterocycles. The lowest BCUT2D eigenvalue weighted by Gasteiger charge is -2.00. The monoisotopic (exact) mass is 234 g/mol. The van der Waals surface area contributed by atoms with Gasteiger partial charge in [0, 0.05) is 11.1 Å². The Labute approximate surface area is 93.8 Å². The maximum atomic E-state index is 13.6. The third kappa shape index (κ3) is 1.12. The van der Waals surface area contributed by atoms with Gasteiger partial charge in [0.1, 0.15) is 11.2 Å². The maximum absolute atomic E-state index is 13.6. The Kier molecular flexibility index (Phi) is 1.85. The molecule has 0 N–H and O–H groups in total. The van der Waals surface area contributed by atoms with E-state index in [1.54, 1.807) is 19.1 Å². The van der Waals surface area contributed by atoms with E-state index in [9.17, 15) is 9.18 Å². The molecular weight excluding hydrogens is 227 g/mol. The molecule has 0 spiro atoms. The van der Waals surface area contributed by atoms with E-state index >= 15 is 0 Å². The highest BCUT2D eigenvalue weighted by Crippen LogP contribution is 2.17. The van der Waals surface area contributed by atoms with Crippen molar-refractivity contribution >= 4 is 27.2 Å². The number of aryl methyl sites for hydroxylation is 1. The fraction of sp³-hybridized carbons (Fsp3) is 0.0909. The first kappa shape index (κ1) is 9.47. The van der Waals surface area contributed by atoms with Gasteiger partial charge in [-0.15, -0.1) is 11.3 Å². The summed E-state index contributed by atoms with van der Waals surface area (Å²) >= 11 is 1.38. The van der Waals surface area contributed by atoms with Crippen LogP contribution in [0.15, 0.2) is 28.4 Å². The second-order valence-electron chi connectivity index (χ2n) is 3.55. The van der Waals surface area contributed by atoms with Crippen molar-refractivity contribution in [2.24, 2.45) is 0 Å². The third-order valence-electron chi connectivity index (χ3n) is 2.50. The molecule has 0 aliphatic carbocycles. The molecule has 2 heterocycles. The number of hydrogen-bond acceptors (Lipinski definition) is 3. The first-order valence-electron chi connectivity index (χ1n) is 4.73. The molecule has 0 unspecified atom stereocenters. The van der Waals surface area contributed by atoms with Crippen molar-refractivity contribution in [1.29, 1.82) is 0 Å². The number of halogens is 1. The topological polar surface area (TPSA) is 34.4 Å². The molecule has 3 rings (SSSR count). The van der Waals surface area contributed by atoms with Crippen molar-refractivity contribution in [2.45, 2.75) is 6.92 Å². The number of thiazole rings is 1. The van der Waals surface area contributed by atoms with Crippen LogP contribution in [-0.2, 0) is 0 Å². The van der Waals surface area contributed by atoms with Gasteiger partial charge in [-0.2, -0.15) is 0 Å². The summed E-state index contributed by atoms with van der Waals surface area (Å²) in [4.78, 5) is 16.9. The van der Waals surface area contributed by atoms with E-state index in [0.717, 1.165) is 5.69 Å². The molecule has 0 bridgehead atoms. The van der Waals surface area contributed by atoms with E-state index in [2.05, 4.69) is 4.98 Å². The van der Waals surface area contributed by atoms with Gasteiger partial charge in [0.2, 0.25) is 0 Å². The highest BCUT2D eigenvalue weighted by Gasteiger charge is 2.11. The Morgan fingerprint density at radius 2 is 2.25 bits per heavy atom. The molecule has 0 radical (unpaired) electrons. The first-order chi connectivity index (χ1) is 7.68. The van der Waals surface area contributed by atoms with E-state index in [-0.39, 0.29) is 10.9 Å². The Morgan fingerprint density at radius 3 is 3.06 bits per heavy atom. The molecule has 0 amide bonds. The molecule has 0 aliphatic heterocycles. The van der Waals surface area contributed by atoms with Crippen molar-refractivity contribution in [3.8, 4) is 0 Å². The summed E-state index contributed by atoms with van der Waals surface area (Å²) in [5.41, 5.74) is 0.853. The van der Waals surface area contributed by atoms with Crippen LogP contribution >= 0.6 is 11.3 Å². The lowest BCUT2D eigenvalue weighted by molar-refractivity contribution is 0.638. The van der Waals surface area contributed by atoms with Crippen LogP contribution in [0.3, 0.4) is 0 Å². The average molecular weight is 234 g/mol. The van der Waals surface area contributed by atoms with Crippen LogP contribution in [0, 0.1) is 12.7 Å². The predicted molar refractivity (Wildman–Crippen MR) is 61.5 cm³/mol. The van der Waals surface area contributed by atoms with Crippen molar-refractivity contribution < 1.29 is 4.39 Å². The van der Waals surface area contributed by atoms with Gasteiger partial charge in [-0.05, 0) is 19.1 Å². The minimum atomic E-state index is -0.519. The molecule has 5 heteroatoms. The molecule has 0 fully saturated rings. The average Bonchev–Trinajstić information content (AvgIpc) is 2.60. The van der Waals surface area contributed by atoms with E-state index in [0.29, 0.717) is 10.5 Å². The van der Waals surface area contributed by atoms with E-state index < -0.39 is 5.82 Å².